The van der Waals surface area contributed by atoms with Gasteiger partial charge in [0.1, 0.15) is 0 Å². The molecule has 0 aromatic carbocycles. The van der Waals surface area contributed by atoms with Crippen molar-refractivity contribution < 1.29 is 23.1 Å². The summed E-state index contributed by atoms with van der Waals surface area (Å²) in [4.78, 5) is 12.2. The van der Waals surface area contributed by atoms with Gasteiger partial charge >= 0.3 is 13.6 Å². The van der Waals surface area contributed by atoms with Crippen LogP contribution >= 0.6 is 42.4 Å². The molecule has 2 rings (SSSR count). The molecule has 0 aromatic rings. The fraction of sp³-hybridized carbons (Fsp3) is 0.900. The zero-order valence-corrected chi connectivity index (χ0v) is 13.9. The maximum Gasteiger partial charge on any atom is 0.348 e. The molecule has 1 saturated carbocycles. The molecule has 0 unspecified atom stereocenters. The van der Waals surface area contributed by atoms with Gasteiger partial charge in [-0.3, -0.25) is 9.36 Å². The van der Waals surface area contributed by atoms with Gasteiger partial charge in [-0.05, 0) is 0 Å². The first-order valence-electron chi connectivity index (χ1n) is 5.50. The van der Waals surface area contributed by atoms with Gasteiger partial charge < -0.3 is 13.8 Å². The number of hydrogen-bond acceptors (Lipinski definition) is 5. The quantitative estimate of drug-likeness (QED) is 0.444. The van der Waals surface area contributed by atoms with Crippen molar-refractivity contribution in [1.82, 2.24) is 0 Å². The number of carbonyl (C=O) groups excluding carboxylic acids is 1. The lowest BCUT2D eigenvalue weighted by molar-refractivity contribution is -0.146. The second-order valence-electron chi connectivity index (χ2n) is 5.20. The summed E-state index contributed by atoms with van der Waals surface area (Å²) >= 11 is 17.5. The normalized spacial score (nSPS) is 36.9. The second kappa shape index (κ2) is 4.25. The number of cyclic esters (lactones) is 1. The third-order valence-electron chi connectivity index (χ3n) is 4.21. The third-order valence-corrected chi connectivity index (χ3v) is 7.72. The number of carbonyl (C=O) groups is 1. The van der Waals surface area contributed by atoms with E-state index in [4.69, 9.17) is 48.6 Å². The van der Waals surface area contributed by atoms with E-state index < -0.39 is 40.0 Å². The van der Waals surface area contributed by atoms with E-state index in [0.717, 1.165) is 0 Å². The first-order chi connectivity index (χ1) is 8.50. The van der Waals surface area contributed by atoms with E-state index in [1.165, 1.54) is 14.2 Å². The van der Waals surface area contributed by atoms with Gasteiger partial charge in [-0.1, -0.05) is 48.7 Å². The molecule has 1 aliphatic carbocycles. The average Bonchev–Trinajstić information content (AvgIpc) is 2.64. The Hall–Kier alpha value is 0.490. The Morgan fingerprint density at radius 3 is 2.05 bits per heavy atom. The summed E-state index contributed by atoms with van der Waals surface area (Å²) in [6, 6.07) is 0. The van der Waals surface area contributed by atoms with Crippen LogP contribution in [0.2, 0.25) is 0 Å². The van der Waals surface area contributed by atoms with Crippen molar-refractivity contribution in [2.24, 2.45) is 11.3 Å². The Bertz CT molecular complexity index is 466. The van der Waals surface area contributed by atoms with Crippen molar-refractivity contribution in [2.75, 3.05) is 14.2 Å². The molecule has 5 nitrogen and oxygen atoms in total. The van der Waals surface area contributed by atoms with Crippen molar-refractivity contribution in [2.45, 2.75) is 28.9 Å². The van der Waals surface area contributed by atoms with Crippen LogP contribution in [0.4, 0.5) is 0 Å². The van der Waals surface area contributed by atoms with E-state index in [9.17, 15) is 9.36 Å². The minimum absolute atomic E-state index is 0.536. The van der Waals surface area contributed by atoms with Crippen LogP contribution in [-0.2, 0) is 23.1 Å². The molecule has 0 amide bonds. The number of fused-ring (bicyclic) bond motifs is 1. The molecular weight excluding hydrogens is 337 g/mol. The molecule has 0 N–H and O–H groups in total. The minimum Gasteiger partial charge on any atom is -0.457 e. The van der Waals surface area contributed by atoms with Crippen molar-refractivity contribution in [3.63, 3.8) is 0 Å². The Morgan fingerprint density at radius 2 is 1.74 bits per heavy atom. The number of halogens is 3. The summed E-state index contributed by atoms with van der Waals surface area (Å²) in [5, 5.41) is -1.40. The Balaban J connectivity index is 2.54. The van der Waals surface area contributed by atoms with Gasteiger partial charge in [-0.25, -0.2) is 0 Å². The van der Waals surface area contributed by atoms with Crippen LogP contribution in [0, 0.1) is 11.3 Å². The summed E-state index contributed by atoms with van der Waals surface area (Å²) < 4.78 is 26.0. The monoisotopic (exact) mass is 350 g/mol. The maximum absolute atomic E-state index is 12.7. The van der Waals surface area contributed by atoms with Gasteiger partial charge in [0.15, 0.2) is 11.3 Å². The SMILES string of the molecule is COP(=O)(OC)[C@]12C(=O)O[C@H](C(Cl)(Cl)Cl)[C@H]1C2(C)C. The zero-order chi connectivity index (χ0) is 14.9. The highest BCUT2D eigenvalue weighted by Gasteiger charge is 2.92. The summed E-state index contributed by atoms with van der Waals surface area (Å²) in [6.45, 7) is 3.51. The van der Waals surface area contributed by atoms with Crippen LogP contribution in [0.15, 0.2) is 0 Å². The van der Waals surface area contributed by atoms with Crippen molar-refractivity contribution in [3.8, 4) is 0 Å². The number of ether oxygens (including phenoxy) is 1. The highest BCUT2D eigenvalue weighted by atomic mass is 35.6. The van der Waals surface area contributed by atoms with Crippen LogP contribution in [0.25, 0.3) is 0 Å². The van der Waals surface area contributed by atoms with E-state index >= 15 is 0 Å². The summed E-state index contributed by atoms with van der Waals surface area (Å²) in [6.07, 6.45) is -0.973. The Morgan fingerprint density at radius 1 is 1.26 bits per heavy atom. The molecule has 9 heteroatoms. The van der Waals surface area contributed by atoms with Gasteiger partial charge in [0, 0.05) is 25.6 Å². The first-order valence-corrected chi connectivity index (χ1v) is 8.17. The first kappa shape index (κ1) is 15.9. The smallest absolute Gasteiger partial charge is 0.348 e. The van der Waals surface area contributed by atoms with E-state index in [1.807, 2.05) is 0 Å². The number of rotatable bonds is 3. The van der Waals surface area contributed by atoms with Crippen LogP contribution in [0.3, 0.4) is 0 Å². The lowest BCUT2D eigenvalue weighted by Gasteiger charge is -2.26. The fourth-order valence-electron chi connectivity index (χ4n) is 3.29. The molecule has 0 aromatic heterocycles. The third kappa shape index (κ3) is 1.69. The molecule has 1 saturated heterocycles. The number of esters is 1. The predicted octanol–water partition coefficient (Wildman–Crippen LogP) is 3.16. The van der Waals surface area contributed by atoms with Crippen LogP contribution in [0.1, 0.15) is 13.8 Å². The summed E-state index contributed by atoms with van der Waals surface area (Å²) in [7, 11) is -1.26. The van der Waals surface area contributed by atoms with Gasteiger partial charge in [0.2, 0.25) is 3.79 Å². The van der Waals surface area contributed by atoms with E-state index in [0.29, 0.717) is 0 Å². The molecule has 0 spiro atoms. The van der Waals surface area contributed by atoms with Crippen molar-refractivity contribution in [1.29, 1.82) is 0 Å². The van der Waals surface area contributed by atoms with E-state index in [2.05, 4.69) is 0 Å². The molecule has 19 heavy (non-hydrogen) atoms. The average molecular weight is 352 g/mol. The Kier molecular flexibility index (Phi) is 3.55. The fourth-order valence-corrected chi connectivity index (χ4v) is 6.39. The maximum atomic E-state index is 12.7. The molecule has 1 aliphatic heterocycles. The van der Waals surface area contributed by atoms with Crippen LogP contribution in [-0.4, -0.2) is 35.2 Å². The van der Waals surface area contributed by atoms with Crippen LogP contribution in [0.5, 0.6) is 0 Å². The molecule has 110 valence electrons. The van der Waals surface area contributed by atoms with E-state index in [1.54, 1.807) is 13.8 Å². The highest BCUT2D eigenvalue weighted by Crippen LogP contribution is 2.86. The van der Waals surface area contributed by atoms with Crippen LogP contribution < -0.4 is 0 Å². The highest BCUT2D eigenvalue weighted by molar-refractivity contribution is 7.57. The van der Waals surface area contributed by atoms with Crippen molar-refractivity contribution >= 4 is 48.4 Å². The molecule has 2 aliphatic rings. The van der Waals surface area contributed by atoms with Gasteiger partial charge in [-0.15, -0.1) is 0 Å². The Labute approximate surface area is 126 Å². The molecular formula is C10H14Cl3O5P. The molecule has 0 bridgehead atoms. The molecule has 2 fully saturated rings. The number of alkyl halides is 3. The second-order valence-corrected chi connectivity index (χ2v) is 10.00. The minimum atomic E-state index is -3.70. The van der Waals surface area contributed by atoms with Gasteiger partial charge in [0.05, 0.1) is 0 Å². The predicted molar refractivity (Wildman–Crippen MR) is 71.8 cm³/mol. The molecule has 3 atom stereocenters. The largest absolute Gasteiger partial charge is 0.457 e. The topological polar surface area (TPSA) is 61.8 Å². The van der Waals surface area contributed by atoms with Gasteiger partial charge in [-0.2, -0.15) is 0 Å². The summed E-state index contributed by atoms with van der Waals surface area (Å²) in [5.74, 6) is -1.24. The lowest BCUT2D eigenvalue weighted by Crippen LogP contribution is -2.34. The number of hydrogen-bond donors (Lipinski definition) is 0. The van der Waals surface area contributed by atoms with Crippen molar-refractivity contribution in [3.05, 3.63) is 0 Å². The summed E-state index contributed by atoms with van der Waals surface area (Å²) in [5.41, 5.74) is -0.696. The standard InChI is InChI=1S/C10H14Cl3O5P/c1-8(2)5-6(10(11,12)13)18-7(14)9(5,8)19(15,16-3)17-4/h5-6H,1-4H3/t5-,6-,9-/m0/s1. The zero-order valence-electron chi connectivity index (χ0n) is 10.8. The lowest BCUT2D eigenvalue weighted by atomic mass is 10.1. The molecule has 1 heterocycles. The van der Waals surface area contributed by atoms with Gasteiger partial charge in [0.25, 0.3) is 0 Å². The molecule has 0 radical (unpaired) electrons. The van der Waals surface area contributed by atoms with E-state index in [-0.39, 0.29) is 0 Å².